The molecule has 0 aromatic heterocycles. The molecule has 0 unspecified atom stereocenters. The maximum atomic E-state index is 13.2. The summed E-state index contributed by atoms with van der Waals surface area (Å²) in [6, 6.07) is 19.7. The first-order chi connectivity index (χ1) is 51.1. The van der Waals surface area contributed by atoms with E-state index in [-0.39, 0.29) is 196 Å². The molecule has 4 aliphatic rings. The SMILES string of the molecule is BrB(Br)Br.BrB(Br)Br.C.COc1cc(C=O)cc(F)c1O.COc1cc(C=O)cc(F)c1O.Cc1cc(F)c2c(c1)OCO2.Fc1cc(CCl)cc2c1OCO2.O=Cc1cc(F)c2c(c1)OCO2.O=Cc1cc(O)c(O)c(F)c1.O=Cc1cc(O)c(O)c(F)c1.O=S(Cl)Cl.[B].[C-]#N.[C-]#[N+]Cc1cc(F)c2c(c1)OCO2.[H-].[Na+].[Na+]. The Balaban J connectivity index is -0.000000382. The molecule has 0 spiro atoms. The van der Waals surface area contributed by atoms with Gasteiger partial charge in [-0.05, 0) is 115 Å². The van der Waals surface area contributed by atoms with Crippen molar-refractivity contribution in [2.45, 2.75) is 26.8 Å². The largest absolute Gasteiger partial charge is 1.00 e. The number of rotatable bonds is 9. The maximum absolute atomic E-state index is 13.2. The first kappa shape index (κ1) is 112. The number of aryl methyl sites for hydroxylation is 1. The number of phenolic OH excluding ortho intramolecular Hbond substituents is 6. The van der Waals surface area contributed by atoms with Crippen molar-refractivity contribution in [1.82, 2.24) is 0 Å². The number of carbonyl (C=O) groups is 5. The Morgan fingerprint density at radius 3 is 1.01 bits per heavy atom. The summed E-state index contributed by atoms with van der Waals surface area (Å²) in [4.78, 5) is 54.0. The molecule has 47 heteroatoms. The van der Waals surface area contributed by atoms with Crippen molar-refractivity contribution in [2.75, 3.05) is 41.4 Å². The van der Waals surface area contributed by atoms with Crippen LogP contribution in [0.3, 0.4) is 0 Å². The topological polar surface area (TPSA) is 344 Å². The van der Waals surface area contributed by atoms with Crippen LogP contribution < -0.4 is 106 Å². The number of methoxy groups -OCH3 is 2. The van der Waals surface area contributed by atoms with Gasteiger partial charge >= 0.3 is 65.5 Å². The van der Waals surface area contributed by atoms with Gasteiger partial charge in [0.2, 0.25) is 65.9 Å². The molecule has 24 nitrogen and oxygen atoms in total. The van der Waals surface area contributed by atoms with Crippen molar-refractivity contribution < 1.29 is 202 Å². The maximum Gasteiger partial charge on any atom is 1.00 e. The Morgan fingerprint density at radius 2 is 0.714 bits per heavy atom. The Kier molecular flexibility index (Phi) is 59.9. The van der Waals surface area contributed by atoms with Crippen molar-refractivity contribution in [2.24, 2.45) is 0 Å². The summed E-state index contributed by atoms with van der Waals surface area (Å²) < 4.78 is 161. The molecule has 0 aliphatic carbocycles. The van der Waals surface area contributed by atoms with Crippen LogP contribution in [0.5, 0.6) is 92.0 Å². The summed E-state index contributed by atoms with van der Waals surface area (Å²) in [5.74, 6) is -7.19. The second kappa shape index (κ2) is 60.0. The number of benzene rings is 8. The number of alkyl halides is 1. The minimum Gasteiger partial charge on any atom is -1.00 e. The smallest absolute Gasteiger partial charge is 1.00 e. The Hall–Kier alpha value is -6.58. The van der Waals surface area contributed by atoms with Crippen LogP contribution in [0.1, 0.15) is 77.3 Å². The van der Waals surface area contributed by atoms with E-state index in [9.17, 15) is 59.1 Å². The number of phenols is 6. The molecule has 0 saturated carbocycles. The summed E-state index contributed by atoms with van der Waals surface area (Å²) in [5, 5.41) is 59.2. The number of hydrogen-bond donors (Lipinski definition) is 6. The number of hydrogen-bond acceptors (Lipinski definition) is 23. The molecule has 591 valence electrons. The second-order valence-corrected chi connectivity index (χ2v) is 34.6. The van der Waals surface area contributed by atoms with Gasteiger partial charge < -0.3 is 96.1 Å². The Bertz CT molecular complexity index is 4270. The van der Waals surface area contributed by atoms with Crippen LogP contribution in [0.25, 0.3) is 4.85 Å². The van der Waals surface area contributed by atoms with Crippen LogP contribution in [0, 0.1) is 71.9 Å². The number of fused-ring (bicyclic) bond motifs is 4. The van der Waals surface area contributed by atoms with E-state index in [4.69, 9.17) is 103 Å². The van der Waals surface area contributed by atoms with E-state index < -0.39 is 84.4 Å². The fourth-order valence-corrected chi connectivity index (χ4v) is 7.59. The molecule has 112 heavy (non-hydrogen) atoms. The monoisotopic (exact) mass is 2050 g/mol. The van der Waals surface area contributed by atoms with Crippen LogP contribution in [-0.4, -0.2) is 122 Å². The molecule has 0 amide bonds. The van der Waals surface area contributed by atoms with Gasteiger partial charge in [-0.2, -0.15) is 0 Å². The zero-order valence-corrected chi connectivity index (χ0v) is 73.6. The van der Waals surface area contributed by atoms with Gasteiger partial charge in [0, 0.05) is 69.0 Å². The molecule has 8 aromatic rings. The number of nitrogens with zero attached hydrogens (tertiary/aromatic N) is 2. The predicted molar refractivity (Wildman–Crippen MR) is 414 cm³/mol. The molecule has 4 aliphatic heterocycles. The molecule has 8 aromatic carbocycles. The number of carbonyl (C=O) groups excluding carboxylic acids is 5. The van der Waals surface area contributed by atoms with Crippen LogP contribution >= 0.6 is 128 Å². The van der Waals surface area contributed by atoms with E-state index in [1.54, 1.807) is 18.2 Å². The van der Waals surface area contributed by atoms with Gasteiger partial charge in [0.25, 0.3) is 0 Å². The van der Waals surface area contributed by atoms with Crippen molar-refractivity contribution in [3.05, 3.63) is 206 Å². The molecule has 6 N–H and O–H groups in total. The van der Waals surface area contributed by atoms with Gasteiger partial charge in [-0.3, -0.25) is 24.0 Å². The predicted octanol–water partition coefficient (Wildman–Crippen LogP) is 12.1. The quantitative estimate of drug-likeness (QED) is 0.0149. The molecule has 0 bridgehead atoms. The molecule has 3 radical (unpaired) electrons. The van der Waals surface area contributed by atoms with Crippen molar-refractivity contribution >= 4 is 183 Å². The standard InChI is InChI=1S/C9H6FNO2.C8H6ClFO2.C8H5FO3.2C8H7FO3.C8H7FO2.2C7H5FO3.CN.CH4.2BBr3.B.Cl2OS.2Na.H/c1-11-4-6-2-7(10)9-8(3-6)12-5-13-9;9-3-5-1-6(10)8-7(2-5)11-4-12-8;9-6-1-5(3-10)2-7-8(6)12-4-11-7;2*1-12-7-3-5(4-10)2-6(9)8(7)11;1-5-2-6(9)8-7(3-5)10-4-11-8;2*8-5-1-4(3-9)2-6(10)7(5)11;1-2;;2*2-1(3)4;;1-4(2)3;;;/h2-3H,4-5H2;1-2H,3-4H2;1-3H,4H2;2*2-4,11H,1H3;2-3H,4H2,1H3;2*1-3,10-11H;;1H4;;;;;;;/q;;;;;;;;-1;;;;;;2*+1;-1. The number of ether oxygens (including phenoxy) is 10. The minimum absolute atomic E-state index is 0. The fourth-order valence-electron chi connectivity index (χ4n) is 7.43. The average molecular weight is 2060 g/mol. The zero-order valence-electron chi connectivity index (χ0n) is 58.0. The van der Waals surface area contributed by atoms with Crippen LogP contribution in [-0.2, 0) is 21.7 Å². The normalized spacial score (nSPS) is 10.4. The Labute approximate surface area is 748 Å². The third kappa shape index (κ3) is 40.1. The summed E-state index contributed by atoms with van der Waals surface area (Å²) >= 11 is 24.2. The van der Waals surface area contributed by atoms with E-state index in [0.29, 0.717) is 59.8 Å². The van der Waals surface area contributed by atoms with Gasteiger partial charge in [0.15, 0.2) is 116 Å². The summed E-state index contributed by atoms with van der Waals surface area (Å²) in [5.41, 5.74) is 2.61. The van der Waals surface area contributed by atoms with Gasteiger partial charge in [0.1, 0.15) is 31.4 Å². The van der Waals surface area contributed by atoms with E-state index >= 15 is 0 Å². The zero-order chi connectivity index (χ0) is 82.1. The summed E-state index contributed by atoms with van der Waals surface area (Å²) in [6.45, 7) is 13.6. The molecule has 0 saturated heterocycles. The van der Waals surface area contributed by atoms with Gasteiger partial charge in [-0.25, -0.2) is 45.9 Å². The summed E-state index contributed by atoms with van der Waals surface area (Å²) in [6.07, 6.45) is 2.27. The minimum atomic E-state index is -1.67. The molecule has 12 rings (SSSR count). The van der Waals surface area contributed by atoms with Crippen molar-refractivity contribution in [1.29, 1.82) is 5.26 Å². The van der Waals surface area contributed by atoms with E-state index in [1.807, 2.05) is 6.92 Å². The molecular formula is C65H53B3Br6Cl3F8N2Na2O22S. The van der Waals surface area contributed by atoms with Crippen LogP contribution in [0.15, 0.2) is 97.1 Å². The first-order valence-electron chi connectivity index (χ1n) is 27.9. The molecular weight excluding hydrogens is 2010 g/mol. The third-order valence-electron chi connectivity index (χ3n) is 11.8. The molecule has 0 fully saturated rings. The fraction of sp³-hybridized carbons (Fsp3) is 0.154. The number of halogens is 17. The number of aromatic hydroxyl groups is 6. The van der Waals surface area contributed by atoms with E-state index in [1.165, 1.54) is 50.6 Å². The van der Waals surface area contributed by atoms with E-state index in [2.05, 4.69) is 130 Å². The molecule has 4 heterocycles. The van der Waals surface area contributed by atoms with Gasteiger partial charge in [0.05, 0.1) is 14.2 Å². The molecule has 0 atom stereocenters. The van der Waals surface area contributed by atoms with Gasteiger partial charge in [-0.15, -0.1) is 106 Å². The van der Waals surface area contributed by atoms with Crippen molar-refractivity contribution in [3.63, 3.8) is 0 Å². The Morgan fingerprint density at radius 1 is 0.464 bits per heavy atom. The summed E-state index contributed by atoms with van der Waals surface area (Å²) in [7, 11) is 9.92. The van der Waals surface area contributed by atoms with Crippen molar-refractivity contribution in [3.8, 4) is 92.0 Å². The third-order valence-corrected chi connectivity index (χ3v) is 12.1. The average Bonchev–Trinajstić information content (AvgIpc) is 1.81. The van der Waals surface area contributed by atoms with Crippen LogP contribution in [0.2, 0.25) is 0 Å². The van der Waals surface area contributed by atoms with Crippen LogP contribution in [0.4, 0.5) is 35.1 Å². The van der Waals surface area contributed by atoms with Gasteiger partial charge in [-0.1, -0.05) is 7.43 Å². The number of aldehydes is 5. The first-order valence-corrected chi connectivity index (χ1v) is 36.7. The van der Waals surface area contributed by atoms with E-state index in [0.717, 1.165) is 48.0 Å². The second-order valence-electron chi connectivity index (χ2n) is 18.9.